The highest BCUT2D eigenvalue weighted by Gasteiger charge is 2.38. The van der Waals surface area contributed by atoms with Crippen LogP contribution in [0.3, 0.4) is 0 Å². The average Bonchev–Trinajstić information content (AvgIpc) is 3.10. The van der Waals surface area contributed by atoms with Gasteiger partial charge in [-0.15, -0.1) is 0 Å². The summed E-state index contributed by atoms with van der Waals surface area (Å²) in [5, 5.41) is 29.4. The van der Waals surface area contributed by atoms with E-state index in [-0.39, 0.29) is 36.4 Å². The normalized spacial score (nSPS) is 17.8. The number of aryl methyl sites for hydroxylation is 1. The molecular weight excluding hydrogens is 364 g/mol. The van der Waals surface area contributed by atoms with Gasteiger partial charge < -0.3 is 34.3 Å². The van der Waals surface area contributed by atoms with Gasteiger partial charge in [-0.2, -0.15) is 0 Å². The summed E-state index contributed by atoms with van der Waals surface area (Å²) < 4.78 is 22.2. The Morgan fingerprint density at radius 2 is 1.57 bits per heavy atom. The summed E-state index contributed by atoms with van der Waals surface area (Å²) in [6, 6.07) is 7.24. The fraction of sp³-hybridized carbons (Fsp3) is 0.429. The van der Waals surface area contributed by atoms with Gasteiger partial charge in [0.2, 0.25) is 5.75 Å². The largest absolute Gasteiger partial charge is 0.502 e. The van der Waals surface area contributed by atoms with Crippen molar-refractivity contribution in [2.24, 2.45) is 0 Å². The Morgan fingerprint density at radius 1 is 0.929 bits per heavy atom. The number of ether oxygens (including phenoxy) is 4. The standard InChI is InChI=1S/C21H26O7/c1-25-16-9-13(10-17(26-2)19(16)24)20-15(11-23)14-7-12(5-4-6-22)8-18(27-3)21(14)28-20/h7-10,15,20,22-24H,4-6,11H2,1-3H3/t15-,20+/m1/s1. The van der Waals surface area contributed by atoms with E-state index in [0.717, 1.165) is 11.1 Å². The molecule has 1 heterocycles. The van der Waals surface area contributed by atoms with Gasteiger partial charge in [0, 0.05) is 17.7 Å². The molecule has 0 bridgehead atoms. The van der Waals surface area contributed by atoms with Crippen LogP contribution in [0, 0.1) is 0 Å². The van der Waals surface area contributed by atoms with E-state index in [1.807, 2.05) is 12.1 Å². The maximum atomic E-state index is 10.2. The van der Waals surface area contributed by atoms with Crippen molar-refractivity contribution in [1.29, 1.82) is 0 Å². The number of rotatable bonds is 8. The van der Waals surface area contributed by atoms with E-state index in [1.54, 1.807) is 19.2 Å². The van der Waals surface area contributed by atoms with Crippen molar-refractivity contribution in [2.75, 3.05) is 34.5 Å². The second-order valence-electron chi connectivity index (χ2n) is 6.65. The molecule has 2 atom stereocenters. The molecule has 0 saturated carbocycles. The summed E-state index contributed by atoms with van der Waals surface area (Å²) in [6.07, 6.45) is 0.844. The number of phenolic OH excluding ortho intramolecular Hbond substituents is 1. The van der Waals surface area contributed by atoms with Crippen LogP contribution in [0.25, 0.3) is 0 Å². The zero-order chi connectivity index (χ0) is 20.3. The molecule has 152 valence electrons. The molecule has 0 fully saturated rings. The molecule has 3 rings (SSSR count). The molecule has 1 aliphatic rings. The summed E-state index contributed by atoms with van der Waals surface area (Å²) in [7, 11) is 4.49. The molecule has 2 aromatic carbocycles. The summed E-state index contributed by atoms with van der Waals surface area (Å²) in [4.78, 5) is 0. The third-order valence-corrected chi connectivity index (χ3v) is 5.02. The van der Waals surface area contributed by atoms with Crippen molar-refractivity contribution in [3.05, 3.63) is 41.0 Å². The predicted molar refractivity (Wildman–Crippen MR) is 103 cm³/mol. The Hall–Kier alpha value is -2.64. The van der Waals surface area contributed by atoms with Crippen molar-refractivity contribution in [1.82, 2.24) is 0 Å². The minimum absolute atomic E-state index is 0.0892. The average molecular weight is 390 g/mol. The Bertz CT molecular complexity index is 809. The van der Waals surface area contributed by atoms with Crippen LogP contribution in [-0.2, 0) is 6.42 Å². The third-order valence-electron chi connectivity index (χ3n) is 5.02. The van der Waals surface area contributed by atoms with Crippen LogP contribution in [0.1, 0.15) is 35.1 Å². The van der Waals surface area contributed by atoms with Gasteiger partial charge in [0.15, 0.2) is 23.0 Å². The topological polar surface area (TPSA) is 97.6 Å². The second-order valence-corrected chi connectivity index (χ2v) is 6.65. The molecule has 0 aromatic heterocycles. The predicted octanol–water partition coefficient (Wildman–Crippen LogP) is 2.55. The maximum absolute atomic E-state index is 10.2. The van der Waals surface area contributed by atoms with E-state index in [4.69, 9.17) is 24.1 Å². The molecule has 28 heavy (non-hydrogen) atoms. The lowest BCUT2D eigenvalue weighted by molar-refractivity contribution is 0.156. The highest BCUT2D eigenvalue weighted by molar-refractivity contribution is 5.58. The van der Waals surface area contributed by atoms with Crippen LogP contribution in [0.5, 0.6) is 28.7 Å². The van der Waals surface area contributed by atoms with Gasteiger partial charge in [0.1, 0.15) is 6.10 Å². The van der Waals surface area contributed by atoms with Gasteiger partial charge in [-0.3, -0.25) is 0 Å². The minimum atomic E-state index is -0.495. The van der Waals surface area contributed by atoms with Gasteiger partial charge in [-0.25, -0.2) is 0 Å². The first-order valence-electron chi connectivity index (χ1n) is 9.11. The summed E-state index contributed by atoms with van der Waals surface area (Å²) in [5.41, 5.74) is 2.57. The van der Waals surface area contributed by atoms with Gasteiger partial charge in [-0.1, -0.05) is 6.07 Å². The quantitative estimate of drug-likeness (QED) is 0.637. The van der Waals surface area contributed by atoms with Gasteiger partial charge in [-0.05, 0) is 36.6 Å². The third kappa shape index (κ3) is 3.55. The zero-order valence-corrected chi connectivity index (χ0v) is 16.3. The molecule has 0 saturated heterocycles. The first-order valence-corrected chi connectivity index (χ1v) is 9.11. The maximum Gasteiger partial charge on any atom is 0.200 e. The second kappa shape index (κ2) is 8.58. The Kier molecular flexibility index (Phi) is 6.16. The van der Waals surface area contributed by atoms with E-state index in [2.05, 4.69) is 0 Å². The van der Waals surface area contributed by atoms with E-state index < -0.39 is 6.10 Å². The highest BCUT2D eigenvalue weighted by atomic mass is 16.5. The molecule has 2 aromatic rings. The molecule has 0 amide bonds. The van der Waals surface area contributed by atoms with Crippen molar-refractivity contribution >= 4 is 0 Å². The molecule has 7 nitrogen and oxygen atoms in total. The number of phenols is 1. The zero-order valence-electron chi connectivity index (χ0n) is 16.3. The van der Waals surface area contributed by atoms with Crippen LogP contribution < -0.4 is 18.9 Å². The first kappa shape index (κ1) is 20.1. The number of aromatic hydroxyl groups is 1. The van der Waals surface area contributed by atoms with Gasteiger partial charge >= 0.3 is 0 Å². The molecule has 0 radical (unpaired) electrons. The first-order chi connectivity index (χ1) is 13.6. The Morgan fingerprint density at radius 3 is 2.11 bits per heavy atom. The SMILES string of the molecule is COc1cc([C@@H]2Oc3c(OC)cc(CCCO)cc3[C@H]2CO)cc(OC)c1O. The molecule has 0 unspecified atom stereocenters. The summed E-state index contributed by atoms with van der Waals surface area (Å²) in [6.45, 7) is -0.0230. The van der Waals surface area contributed by atoms with E-state index >= 15 is 0 Å². The number of hydrogen-bond acceptors (Lipinski definition) is 7. The van der Waals surface area contributed by atoms with Crippen LogP contribution >= 0.6 is 0 Å². The van der Waals surface area contributed by atoms with Crippen LogP contribution in [0.2, 0.25) is 0 Å². The monoisotopic (exact) mass is 390 g/mol. The number of benzene rings is 2. The van der Waals surface area contributed by atoms with Crippen molar-refractivity contribution in [2.45, 2.75) is 24.9 Å². The Balaban J connectivity index is 2.05. The number of hydrogen-bond donors (Lipinski definition) is 3. The highest BCUT2D eigenvalue weighted by Crippen LogP contribution is 2.52. The molecular formula is C21H26O7. The van der Waals surface area contributed by atoms with Gasteiger partial charge in [0.05, 0.1) is 33.9 Å². The number of aliphatic hydroxyl groups excluding tert-OH is 2. The fourth-order valence-electron chi connectivity index (χ4n) is 3.61. The van der Waals surface area contributed by atoms with Crippen LogP contribution in [0.15, 0.2) is 24.3 Å². The molecule has 7 heteroatoms. The van der Waals surface area contributed by atoms with E-state index in [9.17, 15) is 10.2 Å². The van der Waals surface area contributed by atoms with E-state index in [1.165, 1.54) is 14.2 Å². The lowest BCUT2D eigenvalue weighted by atomic mass is 9.90. The minimum Gasteiger partial charge on any atom is -0.502 e. The molecule has 1 aliphatic heterocycles. The van der Waals surface area contributed by atoms with Crippen LogP contribution in [-0.4, -0.2) is 49.9 Å². The Labute approximate surface area is 164 Å². The molecule has 3 N–H and O–H groups in total. The summed E-state index contributed by atoms with van der Waals surface area (Å²) in [5.74, 6) is 1.29. The van der Waals surface area contributed by atoms with Crippen LogP contribution in [0.4, 0.5) is 0 Å². The molecule has 0 aliphatic carbocycles. The number of aliphatic hydroxyl groups is 2. The number of methoxy groups -OCH3 is 3. The smallest absolute Gasteiger partial charge is 0.200 e. The lowest BCUT2D eigenvalue weighted by Gasteiger charge is -2.20. The lowest BCUT2D eigenvalue weighted by Crippen LogP contribution is -2.13. The molecule has 0 spiro atoms. The number of fused-ring (bicyclic) bond motifs is 1. The van der Waals surface area contributed by atoms with Crippen molar-refractivity contribution in [3.63, 3.8) is 0 Å². The fourth-order valence-corrected chi connectivity index (χ4v) is 3.61. The summed E-state index contributed by atoms with van der Waals surface area (Å²) >= 11 is 0. The van der Waals surface area contributed by atoms with Crippen molar-refractivity contribution in [3.8, 4) is 28.7 Å². The van der Waals surface area contributed by atoms with Gasteiger partial charge in [0.25, 0.3) is 0 Å². The van der Waals surface area contributed by atoms with E-state index in [0.29, 0.717) is 29.9 Å². The van der Waals surface area contributed by atoms with Crippen molar-refractivity contribution < 1.29 is 34.3 Å².